The van der Waals surface area contributed by atoms with Crippen LogP contribution in [0.1, 0.15) is 75.1 Å². The zero-order valence-corrected chi connectivity index (χ0v) is 32.8. The summed E-state index contributed by atoms with van der Waals surface area (Å²) < 4.78 is 5.91. The second-order valence-electron chi connectivity index (χ2n) is 15.4. The predicted octanol–water partition coefficient (Wildman–Crippen LogP) is 4.56. The number of urea groups is 1. The first-order valence-electron chi connectivity index (χ1n) is 18.6. The van der Waals surface area contributed by atoms with Gasteiger partial charge in [0.1, 0.15) is 23.6 Å². The van der Waals surface area contributed by atoms with E-state index in [2.05, 4.69) is 21.0 Å². The average molecular weight is 748 g/mol. The van der Waals surface area contributed by atoms with Gasteiger partial charge in [0.05, 0.1) is 30.9 Å². The van der Waals surface area contributed by atoms with Crippen molar-refractivity contribution in [1.29, 1.82) is 0 Å². The summed E-state index contributed by atoms with van der Waals surface area (Å²) in [5.74, 6) is 0.0229. The summed E-state index contributed by atoms with van der Waals surface area (Å²) in [6, 6.07) is 13.9. The fraction of sp³-hybridized carbons (Fsp3) is 0.525. The fourth-order valence-electron chi connectivity index (χ4n) is 6.68. The van der Waals surface area contributed by atoms with Crippen molar-refractivity contribution in [1.82, 2.24) is 35.9 Å². The summed E-state index contributed by atoms with van der Waals surface area (Å²) in [7, 11) is 0. The first-order chi connectivity index (χ1) is 25.5. The Morgan fingerprint density at radius 1 is 1.00 bits per heavy atom. The molecule has 5 atom stereocenters. The average Bonchev–Trinajstić information content (AvgIpc) is 3.61. The number of hydrogen-bond acceptors (Lipinski definition) is 8. The van der Waals surface area contributed by atoms with Crippen LogP contribution in [0, 0.1) is 32.1 Å². The molecule has 0 unspecified atom stereocenters. The molecule has 0 saturated carbocycles. The predicted molar refractivity (Wildman–Crippen MR) is 204 cm³/mol. The molecule has 294 valence electrons. The molecule has 5 amide bonds. The molecule has 54 heavy (non-hydrogen) atoms. The normalized spacial score (nSPS) is 16.1. The van der Waals surface area contributed by atoms with Crippen LogP contribution in [0.2, 0.25) is 0 Å². The number of benzene rings is 1. The smallest absolute Gasteiger partial charge is 0.405 e. The molecular formula is C40H57N7O7. The largest absolute Gasteiger partial charge is 0.465 e. The molecule has 2 aromatic heterocycles. The minimum Gasteiger partial charge on any atom is -0.465 e. The number of hydrogen-bond donors (Lipinski definition) is 5. The van der Waals surface area contributed by atoms with Crippen molar-refractivity contribution in [2.24, 2.45) is 11.3 Å². The lowest BCUT2D eigenvalue weighted by Crippen LogP contribution is -2.60. The Labute approximate surface area is 318 Å². The highest BCUT2D eigenvalue weighted by Crippen LogP contribution is 2.24. The fourth-order valence-corrected chi connectivity index (χ4v) is 6.68. The number of furan rings is 1. The van der Waals surface area contributed by atoms with Crippen LogP contribution < -0.4 is 16.1 Å². The molecule has 14 nitrogen and oxygen atoms in total. The number of aliphatic hydroxyl groups excluding tert-OH is 1. The molecule has 1 saturated heterocycles. The Morgan fingerprint density at radius 2 is 1.70 bits per heavy atom. The van der Waals surface area contributed by atoms with E-state index in [0.29, 0.717) is 37.6 Å². The van der Waals surface area contributed by atoms with Crippen molar-refractivity contribution >= 4 is 23.9 Å². The summed E-state index contributed by atoms with van der Waals surface area (Å²) in [6.45, 7) is 15.8. The maximum absolute atomic E-state index is 14.4. The lowest BCUT2D eigenvalue weighted by atomic mass is 9.86. The number of aryl methyl sites for hydroxylation is 3. The lowest BCUT2D eigenvalue weighted by Gasteiger charge is -2.35. The van der Waals surface area contributed by atoms with E-state index < -0.39 is 41.6 Å². The molecule has 0 bridgehead atoms. The molecule has 0 spiro atoms. The SMILES string of the molecule is CC[C@H](C)[C@@H](C(=O)N[C@@H](Cc1ccccc1)[C@@H](O)CN(Cc1cc(C)c(C)o1)NC(=O)[C@@H](NC(=O)O)C(C)(C)C)N1CCN(Cc2cccc(C)n2)C1=O. The number of carbonyl (C=O) groups excluding carboxylic acids is 3. The van der Waals surface area contributed by atoms with Crippen LogP contribution in [-0.2, 0) is 29.1 Å². The Hall–Kier alpha value is -4.95. The van der Waals surface area contributed by atoms with Crippen molar-refractivity contribution in [3.8, 4) is 0 Å². The van der Waals surface area contributed by atoms with Crippen LogP contribution in [0.25, 0.3) is 0 Å². The Bertz CT molecular complexity index is 1720. The van der Waals surface area contributed by atoms with Gasteiger partial charge >= 0.3 is 12.1 Å². The monoisotopic (exact) mass is 747 g/mol. The van der Waals surface area contributed by atoms with Crippen LogP contribution in [0.3, 0.4) is 0 Å². The van der Waals surface area contributed by atoms with Crippen LogP contribution in [-0.4, -0.2) is 97.8 Å². The third-order valence-electron chi connectivity index (χ3n) is 9.94. The van der Waals surface area contributed by atoms with Gasteiger partial charge in [-0.3, -0.25) is 20.0 Å². The number of pyridine rings is 1. The summed E-state index contributed by atoms with van der Waals surface area (Å²) in [5.41, 5.74) is 5.43. The third kappa shape index (κ3) is 11.3. The lowest BCUT2D eigenvalue weighted by molar-refractivity contribution is -0.133. The van der Waals surface area contributed by atoms with E-state index in [1.165, 1.54) is 5.01 Å². The Balaban J connectivity index is 1.60. The Morgan fingerprint density at radius 3 is 2.30 bits per heavy atom. The van der Waals surface area contributed by atoms with E-state index in [9.17, 15) is 29.4 Å². The minimum atomic E-state index is -1.35. The topological polar surface area (TPSA) is 181 Å². The zero-order chi connectivity index (χ0) is 39.7. The van der Waals surface area contributed by atoms with Crippen LogP contribution in [0.4, 0.5) is 9.59 Å². The quantitative estimate of drug-likeness (QED) is 0.124. The van der Waals surface area contributed by atoms with E-state index in [1.807, 2.05) is 89.2 Å². The first kappa shape index (κ1) is 41.8. The molecule has 1 aliphatic rings. The molecule has 1 fully saturated rings. The number of aromatic nitrogens is 1. The number of carboxylic acid groups (broad SMARTS) is 1. The molecular weight excluding hydrogens is 690 g/mol. The van der Waals surface area contributed by atoms with Crippen LogP contribution in [0.5, 0.6) is 0 Å². The number of amides is 5. The number of nitrogens with zero attached hydrogens (tertiary/aromatic N) is 4. The molecule has 14 heteroatoms. The maximum atomic E-state index is 14.4. The highest BCUT2D eigenvalue weighted by atomic mass is 16.4. The van der Waals surface area contributed by atoms with Crippen molar-refractivity contribution in [3.63, 3.8) is 0 Å². The van der Waals surface area contributed by atoms with Gasteiger partial charge in [0, 0.05) is 25.3 Å². The summed E-state index contributed by atoms with van der Waals surface area (Å²) in [5, 5.41) is 28.3. The van der Waals surface area contributed by atoms with Gasteiger partial charge in [0.2, 0.25) is 5.91 Å². The molecule has 5 N–H and O–H groups in total. The Kier molecular flexibility index (Phi) is 14.2. The van der Waals surface area contributed by atoms with Crippen molar-refractivity contribution in [2.75, 3.05) is 19.6 Å². The molecule has 0 aliphatic carbocycles. The number of aliphatic hydroxyl groups is 1. The molecule has 3 aromatic rings. The van der Waals surface area contributed by atoms with E-state index in [4.69, 9.17) is 4.42 Å². The second kappa shape index (κ2) is 18.4. The summed E-state index contributed by atoms with van der Waals surface area (Å²) in [6.07, 6.45) is -1.69. The maximum Gasteiger partial charge on any atom is 0.405 e. The van der Waals surface area contributed by atoms with E-state index >= 15 is 0 Å². The molecule has 4 rings (SSSR count). The highest BCUT2D eigenvalue weighted by molar-refractivity contribution is 5.88. The molecule has 1 aromatic carbocycles. The van der Waals surface area contributed by atoms with Gasteiger partial charge in [-0.25, -0.2) is 14.6 Å². The van der Waals surface area contributed by atoms with E-state index in [0.717, 1.165) is 22.5 Å². The van der Waals surface area contributed by atoms with Gasteiger partial charge in [-0.15, -0.1) is 0 Å². The highest BCUT2D eigenvalue weighted by Gasteiger charge is 2.41. The van der Waals surface area contributed by atoms with Gasteiger partial charge in [-0.2, -0.15) is 0 Å². The number of rotatable bonds is 17. The van der Waals surface area contributed by atoms with E-state index in [-0.39, 0.29) is 37.4 Å². The van der Waals surface area contributed by atoms with Crippen molar-refractivity contribution in [2.45, 2.75) is 106 Å². The van der Waals surface area contributed by atoms with Crippen LogP contribution in [0.15, 0.2) is 59.0 Å². The second-order valence-corrected chi connectivity index (χ2v) is 15.4. The molecule has 0 radical (unpaired) electrons. The zero-order valence-electron chi connectivity index (χ0n) is 32.8. The van der Waals surface area contributed by atoms with Gasteiger partial charge in [-0.05, 0) is 67.9 Å². The number of carbonyl (C=O) groups is 4. The van der Waals surface area contributed by atoms with Gasteiger partial charge in [0.15, 0.2) is 0 Å². The van der Waals surface area contributed by atoms with Gasteiger partial charge in [-0.1, -0.05) is 77.4 Å². The van der Waals surface area contributed by atoms with Crippen molar-refractivity contribution < 1.29 is 33.8 Å². The first-order valence-corrected chi connectivity index (χ1v) is 18.6. The minimum absolute atomic E-state index is 0.0524. The van der Waals surface area contributed by atoms with Crippen molar-refractivity contribution in [3.05, 3.63) is 88.6 Å². The number of hydrazine groups is 1. The summed E-state index contributed by atoms with van der Waals surface area (Å²) >= 11 is 0. The molecule has 1 aliphatic heterocycles. The van der Waals surface area contributed by atoms with Gasteiger partial charge < -0.3 is 35.1 Å². The van der Waals surface area contributed by atoms with Crippen LogP contribution >= 0.6 is 0 Å². The number of nitrogens with one attached hydrogen (secondary N) is 3. The van der Waals surface area contributed by atoms with E-state index in [1.54, 1.807) is 30.6 Å². The van der Waals surface area contributed by atoms with Gasteiger partial charge in [0.25, 0.3) is 5.91 Å². The standard InChI is InChI=1S/C40H57N7O7/c1-9-25(2)34(47-19-18-45(39(47)53)22-30-17-13-14-27(4)41-30)36(49)42-32(21-29-15-11-10-12-16-29)33(48)24-46(23-31-20-26(3)28(5)54-31)44-37(50)35(40(6,7)8)43-38(51)52/h10-17,20,25,32-35,43,48H,9,18-19,21-24H2,1-8H3,(H,42,49)(H,44,50)(H,51,52)/t25-,32-,33-,34-,35+/m0/s1. The summed E-state index contributed by atoms with van der Waals surface area (Å²) in [4.78, 5) is 61.3. The third-order valence-corrected chi connectivity index (χ3v) is 9.94. The molecule has 3 heterocycles.